The molecular weight excluding hydrogens is 919 g/mol. The predicted octanol–water partition coefficient (Wildman–Crippen LogP) is 18.4. The molecule has 12 aromatic rings. The van der Waals surface area contributed by atoms with Gasteiger partial charge in [0.15, 0.2) is 0 Å². The number of benzene rings is 10. The summed E-state index contributed by atoms with van der Waals surface area (Å²) >= 11 is 0. The summed E-state index contributed by atoms with van der Waals surface area (Å²) in [5.41, 5.74) is 21.7. The Morgan fingerprint density at radius 1 is 0.461 bits per heavy atom. The lowest BCUT2D eigenvalue weighted by molar-refractivity contribution is 0.660. The van der Waals surface area contributed by atoms with Crippen molar-refractivity contribution in [3.05, 3.63) is 324 Å². The molecule has 0 saturated carbocycles. The van der Waals surface area contributed by atoms with Crippen molar-refractivity contribution in [2.24, 2.45) is 0 Å². The molecule has 0 bridgehead atoms. The summed E-state index contributed by atoms with van der Waals surface area (Å²) in [7, 11) is 0. The Morgan fingerprint density at radius 3 is 1.78 bits per heavy atom. The molecule has 2 aromatic heterocycles. The lowest BCUT2D eigenvalue weighted by Gasteiger charge is -2.39. The lowest BCUT2D eigenvalue weighted by atomic mass is 9.63. The molecule has 14 rings (SSSR count). The van der Waals surface area contributed by atoms with Crippen LogP contribution in [0.25, 0.3) is 66.3 Å². The quantitative estimate of drug-likeness (QED) is 0.148. The predicted molar refractivity (Wildman–Crippen MR) is 318 cm³/mol. The maximum atomic E-state index is 5.10. The second-order valence-corrected chi connectivity index (χ2v) is 20.9. The monoisotopic (exact) mass is 973 g/mol. The van der Waals surface area contributed by atoms with Crippen LogP contribution in [0.3, 0.4) is 0 Å². The van der Waals surface area contributed by atoms with Gasteiger partial charge in [0.1, 0.15) is 0 Å². The highest BCUT2D eigenvalue weighted by atomic mass is 15.1. The zero-order valence-corrected chi connectivity index (χ0v) is 42.7. The average molecular weight is 974 g/mol. The summed E-state index contributed by atoms with van der Waals surface area (Å²) in [5.74, 6) is 0. The van der Waals surface area contributed by atoms with E-state index in [9.17, 15) is 0 Å². The minimum absolute atomic E-state index is 0.180. The smallest absolute Gasteiger partial charge is 0.0699 e. The van der Waals surface area contributed by atoms with Gasteiger partial charge in [-0.15, -0.1) is 0 Å². The molecule has 0 radical (unpaired) electrons. The van der Waals surface area contributed by atoms with Gasteiger partial charge in [0.25, 0.3) is 0 Å². The Kier molecular flexibility index (Phi) is 10.6. The number of para-hydroxylation sites is 2. The van der Waals surface area contributed by atoms with Gasteiger partial charge in [0.05, 0.1) is 22.0 Å². The molecular formula is C73H55N3. The molecule has 362 valence electrons. The topological polar surface area (TPSA) is 13.1 Å². The maximum absolute atomic E-state index is 5.10. The molecule has 0 N–H and O–H groups in total. The van der Waals surface area contributed by atoms with Crippen LogP contribution in [0, 0.1) is 0 Å². The van der Waals surface area contributed by atoms with E-state index in [0.717, 1.165) is 46.0 Å². The normalized spacial score (nSPS) is 15.5. The first-order valence-corrected chi connectivity index (χ1v) is 26.5. The van der Waals surface area contributed by atoms with Crippen molar-refractivity contribution in [3.63, 3.8) is 0 Å². The molecule has 10 aromatic carbocycles. The van der Waals surface area contributed by atoms with Crippen LogP contribution in [0.4, 0.5) is 11.4 Å². The molecule has 0 unspecified atom stereocenters. The van der Waals surface area contributed by atoms with Gasteiger partial charge < -0.3 is 14.0 Å². The average Bonchev–Trinajstić information content (AvgIpc) is 4.20. The van der Waals surface area contributed by atoms with E-state index in [1.807, 2.05) is 0 Å². The number of hydrogen-bond acceptors (Lipinski definition) is 1. The molecule has 0 fully saturated rings. The Morgan fingerprint density at radius 2 is 1.05 bits per heavy atom. The highest BCUT2D eigenvalue weighted by Gasteiger charge is 2.41. The first-order valence-electron chi connectivity index (χ1n) is 26.5. The number of rotatable bonds is 8. The molecule has 0 aliphatic heterocycles. The molecule has 2 aliphatic carbocycles. The van der Waals surface area contributed by atoms with Gasteiger partial charge in [-0.2, -0.15) is 0 Å². The molecule has 0 amide bonds. The van der Waals surface area contributed by atoms with E-state index in [1.54, 1.807) is 0 Å². The largest absolute Gasteiger partial charge is 0.316 e. The van der Waals surface area contributed by atoms with Crippen molar-refractivity contribution in [3.8, 4) is 33.6 Å². The van der Waals surface area contributed by atoms with Gasteiger partial charge in [-0.3, -0.25) is 0 Å². The number of aromatic nitrogens is 2. The molecule has 3 heteroatoms. The fourth-order valence-electron chi connectivity index (χ4n) is 12.9. The Balaban J connectivity index is 0.937. The van der Waals surface area contributed by atoms with Crippen LogP contribution in [-0.4, -0.2) is 9.13 Å². The van der Waals surface area contributed by atoms with Crippen LogP contribution in [0.15, 0.2) is 291 Å². The van der Waals surface area contributed by atoms with E-state index in [-0.39, 0.29) is 5.41 Å². The molecule has 3 nitrogen and oxygen atoms in total. The summed E-state index contributed by atoms with van der Waals surface area (Å²) in [6, 6.07) is 91.3. The van der Waals surface area contributed by atoms with E-state index in [2.05, 4.69) is 301 Å². The van der Waals surface area contributed by atoms with E-state index in [0.29, 0.717) is 0 Å². The summed E-state index contributed by atoms with van der Waals surface area (Å²) in [6.07, 6.45) is 9.96. The fourth-order valence-corrected chi connectivity index (χ4v) is 12.9. The third-order valence-electron chi connectivity index (χ3n) is 16.5. The van der Waals surface area contributed by atoms with Gasteiger partial charge >= 0.3 is 0 Å². The number of hydrogen-bond donors (Lipinski definition) is 0. The van der Waals surface area contributed by atoms with E-state index >= 15 is 0 Å². The highest BCUT2D eigenvalue weighted by Crippen LogP contribution is 2.52. The van der Waals surface area contributed by atoms with E-state index in [1.165, 1.54) is 82.8 Å². The summed E-state index contributed by atoms with van der Waals surface area (Å²) in [6.45, 7) is 9.83. The van der Waals surface area contributed by atoms with Crippen LogP contribution in [0.2, 0.25) is 0 Å². The Hall–Kier alpha value is -9.44. The van der Waals surface area contributed by atoms with Crippen molar-refractivity contribution < 1.29 is 0 Å². The van der Waals surface area contributed by atoms with Gasteiger partial charge in [0.2, 0.25) is 0 Å². The molecule has 0 atom stereocenters. The van der Waals surface area contributed by atoms with Crippen molar-refractivity contribution in [1.82, 2.24) is 9.13 Å². The summed E-state index contributed by atoms with van der Waals surface area (Å²) < 4.78 is 4.74. The Bertz CT molecular complexity index is 4230. The molecule has 0 saturated heterocycles. The number of allylic oxidation sites excluding steroid dienone is 4. The molecule has 76 heavy (non-hydrogen) atoms. The van der Waals surface area contributed by atoms with Crippen molar-refractivity contribution >= 4 is 44.1 Å². The van der Waals surface area contributed by atoms with Crippen LogP contribution in [0.1, 0.15) is 47.2 Å². The minimum Gasteiger partial charge on any atom is -0.316 e. The fraction of sp³-hybridized carbons (Fsp3) is 0.0685. The van der Waals surface area contributed by atoms with Crippen LogP contribution < -0.4 is 4.90 Å². The van der Waals surface area contributed by atoms with Crippen molar-refractivity contribution in [2.45, 2.75) is 31.1 Å². The van der Waals surface area contributed by atoms with Gasteiger partial charge in [-0.25, -0.2) is 0 Å². The standard InChI is InChI=1S/C73H55N3/c1-50-47-59(31-20-22-52-21-16-18-33-66(52)73(50,54-23-8-4-9-24-54)55-25-10-5-11-26-55)75(60-40-41-62-61-32-17-19-34-67(61)72(2,3)68(62)49-60)58-38-35-51(36-39-58)53-37-43-70-65(48-53)63-42-44-69-64(45-46-74(69)56-27-12-6-13-28-56)71(63)76(70)57-29-14-7-15-30-57/h4-21,23-49H,1,22H2,2-3H3/b31-20-,59-47+. The number of nitrogens with zero attached hydrogens (tertiary/aromatic N) is 3. The number of anilines is 2. The van der Waals surface area contributed by atoms with Crippen LogP contribution >= 0.6 is 0 Å². The Labute approximate surface area is 444 Å². The first kappa shape index (κ1) is 45.2. The minimum atomic E-state index is -0.673. The van der Waals surface area contributed by atoms with Gasteiger partial charge in [-0.1, -0.05) is 202 Å². The SMILES string of the molecule is C=C1/C=C(N(c2ccc(-c3ccc4c(c3)c3ccc5c(ccn5-c5ccccc5)c3n4-c3ccccc3)cc2)c2ccc3c(c2)C(C)(C)c2ccccc2-3)\C=C/Cc2ccccc2C1(c1ccccc1)c1ccccc1. The van der Waals surface area contributed by atoms with E-state index in [4.69, 9.17) is 6.58 Å². The maximum Gasteiger partial charge on any atom is 0.0699 e. The molecule has 2 aliphatic rings. The summed E-state index contributed by atoms with van der Waals surface area (Å²) in [5, 5.41) is 3.67. The molecule has 0 spiro atoms. The summed E-state index contributed by atoms with van der Waals surface area (Å²) in [4.78, 5) is 2.45. The highest BCUT2D eigenvalue weighted by molar-refractivity contribution is 6.19. The van der Waals surface area contributed by atoms with Gasteiger partial charge in [-0.05, 0) is 153 Å². The first-order chi connectivity index (χ1) is 37.4. The van der Waals surface area contributed by atoms with Gasteiger partial charge in [0, 0.05) is 56.2 Å². The number of fused-ring (bicyclic) bond motifs is 9. The molecule has 2 heterocycles. The zero-order valence-electron chi connectivity index (χ0n) is 42.7. The second kappa shape index (κ2) is 17.9. The van der Waals surface area contributed by atoms with Crippen molar-refractivity contribution in [1.29, 1.82) is 0 Å². The third kappa shape index (κ3) is 7.03. The zero-order chi connectivity index (χ0) is 51.0. The van der Waals surface area contributed by atoms with E-state index < -0.39 is 5.41 Å². The second-order valence-electron chi connectivity index (χ2n) is 20.9. The van der Waals surface area contributed by atoms with Crippen LogP contribution in [0.5, 0.6) is 0 Å². The third-order valence-corrected chi connectivity index (χ3v) is 16.5. The van der Waals surface area contributed by atoms with Crippen LogP contribution in [-0.2, 0) is 17.3 Å². The lowest BCUT2D eigenvalue weighted by Crippen LogP contribution is -2.32. The van der Waals surface area contributed by atoms with Crippen molar-refractivity contribution in [2.75, 3.05) is 4.90 Å².